The summed E-state index contributed by atoms with van der Waals surface area (Å²) in [5.74, 6) is 0.0459. The van der Waals surface area contributed by atoms with Gasteiger partial charge in [-0.25, -0.2) is 4.79 Å². The first-order chi connectivity index (χ1) is 13.5. The van der Waals surface area contributed by atoms with Crippen molar-refractivity contribution >= 4 is 34.2 Å². The molecule has 0 fully saturated rings. The van der Waals surface area contributed by atoms with Crippen molar-refractivity contribution in [2.75, 3.05) is 6.61 Å². The zero-order valence-electron chi connectivity index (χ0n) is 15.7. The number of hydrogen-bond donors (Lipinski definition) is 1. The molecule has 3 aromatic rings. The lowest BCUT2D eigenvalue weighted by Crippen LogP contribution is -2.21. The Labute approximate surface area is 167 Å². The zero-order chi connectivity index (χ0) is 20.1. The van der Waals surface area contributed by atoms with Crippen LogP contribution in [0.4, 0.5) is 0 Å². The summed E-state index contributed by atoms with van der Waals surface area (Å²) < 4.78 is 12.9. The molecule has 1 aromatic heterocycles. The highest BCUT2D eigenvalue weighted by Crippen LogP contribution is 2.28. The Balaban J connectivity index is 1.96. The first kappa shape index (κ1) is 19.8. The van der Waals surface area contributed by atoms with Gasteiger partial charge in [0.2, 0.25) is 0 Å². The van der Waals surface area contributed by atoms with E-state index in [4.69, 9.17) is 21.1 Å². The van der Waals surface area contributed by atoms with Crippen LogP contribution in [0, 0.1) is 0 Å². The molecule has 0 atom stereocenters. The van der Waals surface area contributed by atoms with Crippen LogP contribution in [-0.4, -0.2) is 28.1 Å². The second kappa shape index (κ2) is 8.80. The molecule has 0 unspecified atom stereocenters. The smallest absolute Gasteiger partial charge is 0.356 e. The molecule has 0 aliphatic heterocycles. The molecule has 7 heteroatoms. The number of carbonyl (C=O) groups is 1. The van der Waals surface area contributed by atoms with E-state index < -0.39 is 5.97 Å². The van der Waals surface area contributed by atoms with Crippen molar-refractivity contribution in [2.24, 2.45) is 12.2 Å². The maximum Gasteiger partial charge on any atom is 0.356 e. The van der Waals surface area contributed by atoms with Crippen LogP contribution in [-0.2, 0) is 29.6 Å². The Kier molecular flexibility index (Phi) is 6.21. The molecule has 6 nitrogen and oxygen atoms in total. The molecule has 3 rings (SSSR count). The summed E-state index contributed by atoms with van der Waals surface area (Å²) >= 11 is 5.92. The highest BCUT2D eigenvalue weighted by Gasteiger charge is 2.21. The van der Waals surface area contributed by atoms with Crippen LogP contribution in [0.2, 0.25) is 5.02 Å². The molecule has 0 amide bonds. The predicted octanol–water partition coefficient (Wildman–Crippen LogP) is 4.35. The van der Waals surface area contributed by atoms with Crippen LogP contribution in [0.1, 0.15) is 18.2 Å². The number of carbonyl (C=O) groups excluding carboxylic acids is 1. The third-order valence-corrected chi connectivity index (χ3v) is 4.76. The number of ether oxygens (including phenoxy) is 2. The fourth-order valence-corrected chi connectivity index (χ4v) is 3.24. The Morgan fingerprint density at radius 1 is 1.18 bits per heavy atom. The highest BCUT2D eigenvalue weighted by atomic mass is 35.5. The van der Waals surface area contributed by atoms with Crippen LogP contribution < -0.4 is 4.74 Å². The monoisotopic (exact) mass is 400 g/mol. The van der Waals surface area contributed by atoms with Gasteiger partial charge in [-0.2, -0.15) is 0 Å². The standard InChI is InChI=1S/C21H21ClN2O4/c1-3-27-21(25)18(23-26)12-17-16-6-4-5-7-19(16)24(2)20(17)13-28-15-10-8-14(22)9-11-15/h4-11,26H,3,12-13H2,1-2H3. The number of oxime groups is 1. The quantitative estimate of drug-likeness (QED) is 0.277. The fraction of sp³-hybridized carbons (Fsp3) is 0.238. The van der Waals surface area contributed by atoms with Crippen molar-refractivity contribution in [2.45, 2.75) is 20.0 Å². The van der Waals surface area contributed by atoms with Crippen molar-refractivity contribution in [1.29, 1.82) is 0 Å². The first-order valence-corrected chi connectivity index (χ1v) is 9.24. The number of aromatic nitrogens is 1. The van der Waals surface area contributed by atoms with Gasteiger partial charge in [0.15, 0.2) is 5.71 Å². The summed E-state index contributed by atoms with van der Waals surface area (Å²) in [5, 5.41) is 14.1. The lowest BCUT2D eigenvalue weighted by molar-refractivity contribution is -0.135. The highest BCUT2D eigenvalue weighted by molar-refractivity contribution is 6.37. The van der Waals surface area contributed by atoms with Crippen LogP contribution in [0.3, 0.4) is 0 Å². The lowest BCUT2D eigenvalue weighted by Gasteiger charge is -2.11. The van der Waals surface area contributed by atoms with E-state index in [2.05, 4.69) is 5.16 Å². The number of hydrogen-bond acceptors (Lipinski definition) is 5. The third kappa shape index (κ3) is 4.12. The van der Waals surface area contributed by atoms with E-state index in [1.807, 2.05) is 35.9 Å². The zero-order valence-corrected chi connectivity index (χ0v) is 16.4. The van der Waals surface area contributed by atoms with Crippen molar-refractivity contribution in [3.63, 3.8) is 0 Å². The Morgan fingerprint density at radius 3 is 2.57 bits per heavy atom. The fourth-order valence-electron chi connectivity index (χ4n) is 3.12. The number of nitrogens with zero attached hydrogens (tertiary/aromatic N) is 2. The van der Waals surface area contributed by atoms with Gasteiger partial charge in [0, 0.05) is 29.4 Å². The van der Waals surface area contributed by atoms with Crippen LogP contribution >= 0.6 is 11.6 Å². The van der Waals surface area contributed by atoms with Gasteiger partial charge >= 0.3 is 5.97 Å². The van der Waals surface area contributed by atoms with Gasteiger partial charge in [-0.15, -0.1) is 0 Å². The minimum absolute atomic E-state index is 0.0501. The Hall–Kier alpha value is -2.99. The summed E-state index contributed by atoms with van der Waals surface area (Å²) in [6.07, 6.45) is 0.135. The largest absolute Gasteiger partial charge is 0.487 e. The van der Waals surface area contributed by atoms with Gasteiger partial charge in [0.1, 0.15) is 12.4 Å². The maximum atomic E-state index is 12.1. The first-order valence-electron chi connectivity index (χ1n) is 8.86. The number of rotatable bonds is 7. The molecule has 0 saturated heterocycles. The van der Waals surface area contributed by atoms with E-state index in [-0.39, 0.29) is 25.3 Å². The van der Waals surface area contributed by atoms with Crippen molar-refractivity contribution < 1.29 is 19.5 Å². The molecule has 2 aromatic carbocycles. The topological polar surface area (TPSA) is 73.0 Å². The van der Waals surface area contributed by atoms with Gasteiger partial charge in [0.25, 0.3) is 0 Å². The number of para-hydroxylation sites is 1. The molecule has 0 radical (unpaired) electrons. The number of aryl methyl sites for hydroxylation is 1. The molecule has 0 saturated carbocycles. The van der Waals surface area contributed by atoms with Crippen molar-refractivity contribution in [1.82, 2.24) is 4.57 Å². The molecule has 1 N–H and O–H groups in total. The van der Waals surface area contributed by atoms with Crippen molar-refractivity contribution in [3.8, 4) is 5.75 Å². The molecule has 0 aliphatic rings. The van der Waals surface area contributed by atoms with Gasteiger partial charge in [0.05, 0.1) is 12.3 Å². The molecule has 146 valence electrons. The lowest BCUT2D eigenvalue weighted by atomic mass is 10.0. The molecule has 28 heavy (non-hydrogen) atoms. The van der Waals surface area contributed by atoms with Gasteiger partial charge in [-0.1, -0.05) is 35.0 Å². The number of benzene rings is 2. The second-order valence-electron chi connectivity index (χ2n) is 6.19. The SMILES string of the molecule is CCOC(=O)C(Cc1c(COc2ccc(Cl)cc2)n(C)c2ccccc12)=NO. The van der Waals surface area contributed by atoms with Crippen LogP contribution in [0.5, 0.6) is 5.75 Å². The van der Waals surface area contributed by atoms with E-state index in [1.165, 1.54) is 0 Å². The number of esters is 1. The molecular formula is C21H21ClN2O4. The second-order valence-corrected chi connectivity index (χ2v) is 6.62. The molecule has 0 aliphatic carbocycles. The summed E-state index contributed by atoms with van der Waals surface area (Å²) in [5.41, 5.74) is 2.67. The maximum absolute atomic E-state index is 12.1. The molecular weight excluding hydrogens is 380 g/mol. The van der Waals surface area contributed by atoms with Crippen LogP contribution in [0.15, 0.2) is 53.7 Å². The van der Waals surface area contributed by atoms with Gasteiger partial charge < -0.3 is 19.2 Å². The number of halogens is 1. The minimum atomic E-state index is -0.637. The van der Waals surface area contributed by atoms with E-state index in [0.29, 0.717) is 10.8 Å². The Morgan fingerprint density at radius 2 is 1.89 bits per heavy atom. The third-order valence-electron chi connectivity index (χ3n) is 4.51. The van der Waals surface area contributed by atoms with E-state index in [0.717, 1.165) is 22.2 Å². The van der Waals surface area contributed by atoms with Gasteiger partial charge in [-0.3, -0.25) is 0 Å². The number of fused-ring (bicyclic) bond motifs is 1. The molecule has 1 heterocycles. The average Bonchev–Trinajstić information content (AvgIpc) is 2.97. The predicted molar refractivity (Wildman–Crippen MR) is 108 cm³/mol. The van der Waals surface area contributed by atoms with E-state index in [9.17, 15) is 10.0 Å². The van der Waals surface area contributed by atoms with Gasteiger partial charge in [-0.05, 0) is 42.8 Å². The summed E-state index contributed by atoms with van der Waals surface area (Å²) in [4.78, 5) is 12.1. The van der Waals surface area contributed by atoms with Crippen molar-refractivity contribution in [3.05, 3.63) is 64.8 Å². The summed E-state index contributed by atoms with van der Waals surface area (Å²) in [6, 6.07) is 14.9. The van der Waals surface area contributed by atoms with Crippen LogP contribution in [0.25, 0.3) is 10.9 Å². The van der Waals surface area contributed by atoms with E-state index in [1.54, 1.807) is 31.2 Å². The Bertz CT molecular complexity index is 1010. The molecule has 0 bridgehead atoms. The molecule has 0 spiro atoms. The summed E-state index contributed by atoms with van der Waals surface area (Å²) in [6.45, 7) is 2.19. The summed E-state index contributed by atoms with van der Waals surface area (Å²) in [7, 11) is 1.94. The minimum Gasteiger partial charge on any atom is -0.487 e. The average molecular weight is 401 g/mol. The van der Waals surface area contributed by atoms with E-state index >= 15 is 0 Å². The normalized spacial score (nSPS) is 11.6.